The van der Waals surface area contributed by atoms with Crippen LogP contribution in [-0.4, -0.2) is 34.1 Å². The van der Waals surface area contributed by atoms with Crippen LogP contribution in [-0.2, 0) is 0 Å². The molecule has 0 atom stereocenters. The molecule has 0 unspecified atom stereocenters. The quantitative estimate of drug-likeness (QED) is 0.760. The molecule has 0 aliphatic heterocycles. The fraction of sp³-hybridized carbons (Fsp3) is 0.263. The second kappa shape index (κ2) is 6.59. The lowest BCUT2D eigenvalue weighted by Crippen LogP contribution is -2.35. The second-order valence-electron chi connectivity index (χ2n) is 6.30. The van der Waals surface area contributed by atoms with Crippen molar-refractivity contribution in [2.75, 3.05) is 13.7 Å². The van der Waals surface area contributed by atoms with Gasteiger partial charge in [0.15, 0.2) is 11.3 Å². The number of pyridine rings is 1. The maximum absolute atomic E-state index is 13.0. The van der Waals surface area contributed by atoms with Gasteiger partial charge >= 0.3 is 0 Å². The van der Waals surface area contributed by atoms with E-state index in [1.54, 1.807) is 49.7 Å². The summed E-state index contributed by atoms with van der Waals surface area (Å²) in [5, 5.41) is 2.81. The predicted molar refractivity (Wildman–Crippen MR) is 96.7 cm³/mol. The van der Waals surface area contributed by atoms with Crippen LogP contribution in [0.1, 0.15) is 23.3 Å². The third-order valence-electron chi connectivity index (χ3n) is 4.41. The summed E-state index contributed by atoms with van der Waals surface area (Å²) in [7, 11) is 1.58. The van der Waals surface area contributed by atoms with E-state index in [0.29, 0.717) is 35.1 Å². The molecule has 1 amide bonds. The van der Waals surface area contributed by atoms with E-state index in [2.05, 4.69) is 15.3 Å². The number of nitrogens with zero attached hydrogens (tertiary/aromatic N) is 3. The van der Waals surface area contributed by atoms with Gasteiger partial charge in [0, 0.05) is 12.7 Å². The van der Waals surface area contributed by atoms with Crippen molar-refractivity contribution in [1.82, 2.24) is 19.9 Å². The average molecular weight is 350 g/mol. The highest BCUT2D eigenvalue weighted by Crippen LogP contribution is 2.27. The van der Waals surface area contributed by atoms with Crippen LogP contribution in [0.3, 0.4) is 0 Å². The minimum Gasteiger partial charge on any atom is -0.497 e. The number of methoxy groups -OCH3 is 1. The van der Waals surface area contributed by atoms with E-state index in [0.717, 1.165) is 12.8 Å². The first-order valence-electron chi connectivity index (χ1n) is 8.48. The standard InChI is InChI=1S/C19H18N4O3/c1-26-14-8-6-13(7-9-14)23-17-15(3-2-10-20-17)22-16(19(23)25)18(24)21-11-12-4-5-12/h2-3,6-10,12H,4-5,11H2,1H3,(H,21,24). The number of hydrogen-bond donors (Lipinski definition) is 1. The van der Waals surface area contributed by atoms with E-state index < -0.39 is 11.5 Å². The molecule has 0 saturated heterocycles. The van der Waals surface area contributed by atoms with E-state index in [1.807, 2.05) is 0 Å². The maximum atomic E-state index is 13.0. The van der Waals surface area contributed by atoms with Crippen molar-refractivity contribution in [2.24, 2.45) is 5.92 Å². The molecule has 1 aliphatic rings. The van der Waals surface area contributed by atoms with Crippen LogP contribution >= 0.6 is 0 Å². The smallest absolute Gasteiger partial charge is 0.288 e. The summed E-state index contributed by atoms with van der Waals surface area (Å²) in [6.07, 6.45) is 3.83. The minimum absolute atomic E-state index is 0.123. The van der Waals surface area contributed by atoms with Gasteiger partial charge in [0.25, 0.3) is 11.5 Å². The Hall–Kier alpha value is -3.22. The van der Waals surface area contributed by atoms with Crippen molar-refractivity contribution in [3.63, 3.8) is 0 Å². The van der Waals surface area contributed by atoms with Crippen LogP contribution in [0.25, 0.3) is 16.9 Å². The van der Waals surface area contributed by atoms with Crippen LogP contribution in [0.5, 0.6) is 5.75 Å². The van der Waals surface area contributed by atoms with Crippen LogP contribution in [0, 0.1) is 5.92 Å². The summed E-state index contributed by atoms with van der Waals surface area (Å²) >= 11 is 0. The highest BCUT2D eigenvalue weighted by molar-refractivity contribution is 5.93. The predicted octanol–water partition coefficient (Wildman–Crippen LogP) is 1.93. The summed E-state index contributed by atoms with van der Waals surface area (Å²) in [4.78, 5) is 34.0. The Morgan fingerprint density at radius 2 is 2.04 bits per heavy atom. The van der Waals surface area contributed by atoms with Crippen molar-refractivity contribution in [3.8, 4) is 11.4 Å². The highest BCUT2D eigenvalue weighted by Gasteiger charge is 2.24. The molecule has 1 aliphatic carbocycles. The lowest BCUT2D eigenvalue weighted by Gasteiger charge is -2.12. The molecule has 26 heavy (non-hydrogen) atoms. The van der Waals surface area contributed by atoms with Gasteiger partial charge in [-0.2, -0.15) is 0 Å². The first kappa shape index (κ1) is 16.3. The molecule has 1 N–H and O–H groups in total. The van der Waals surface area contributed by atoms with E-state index >= 15 is 0 Å². The van der Waals surface area contributed by atoms with Crippen molar-refractivity contribution < 1.29 is 9.53 Å². The summed E-state index contributed by atoms with van der Waals surface area (Å²) in [5.41, 5.74) is 0.871. The zero-order valence-electron chi connectivity index (χ0n) is 14.3. The molecule has 2 aromatic heterocycles. The zero-order valence-corrected chi connectivity index (χ0v) is 14.3. The summed E-state index contributed by atoms with van der Waals surface area (Å²) < 4.78 is 6.58. The van der Waals surface area contributed by atoms with E-state index in [1.165, 1.54) is 4.57 Å². The number of fused-ring (bicyclic) bond motifs is 1. The van der Waals surface area contributed by atoms with Gasteiger partial charge in [0.1, 0.15) is 11.3 Å². The summed E-state index contributed by atoms with van der Waals surface area (Å²) in [6, 6.07) is 10.5. The van der Waals surface area contributed by atoms with Gasteiger partial charge in [0.05, 0.1) is 12.8 Å². The fourth-order valence-corrected chi connectivity index (χ4v) is 2.78. The SMILES string of the molecule is COc1ccc(-n2c(=O)c(C(=O)NCC3CC3)nc3cccnc32)cc1. The molecule has 2 heterocycles. The number of amides is 1. The van der Waals surface area contributed by atoms with Gasteiger partial charge in [-0.3, -0.25) is 14.2 Å². The third kappa shape index (κ3) is 3.03. The van der Waals surface area contributed by atoms with Crippen LogP contribution < -0.4 is 15.6 Å². The third-order valence-corrected chi connectivity index (χ3v) is 4.41. The van der Waals surface area contributed by atoms with Gasteiger partial charge in [-0.05, 0) is 55.2 Å². The number of carbonyl (C=O) groups excluding carboxylic acids is 1. The molecule has 132 valence electrons. The Labute approximate surface area is 149 Å². The second-order valence-corrected chi connectivity index (χ2v) is 6.30. The maximum Gasteiger partial charge on any atom is 0.288 e. The van der Waals surface area contributed by atoms with Crippen molar-refractivity contribution in [1.29, 1.82) is 0 Å². The number of carbonyl (C=O) groups is 1. The molecule has 1 saturated carbocycles. The number of benzene rings is 1. The lowest BCUT2D eigenvalue weighted by molar-refractivity contribution is 0.0945. The van der Waals surface area contributed by atoms with Crippen LogP contribution in [0.4, 0.5) is 0 Å². The monoisotopic (exact) mass is 350 g/mol. The number of aromatic nitrogens is 3. The van der Waals surface area contributed by atoms with Gasteiger partial charge in [-0.1, -0.05) is 0 Å². The van der Waals surface area contributed by atoms with Crippen LogP contribution in [0.2, 0.25) is 0 Å². The molecule has 7 nitrogen and oxygen atoms in total. The Bertz CT molecular complexity index is 1020. The fourth-order valence-electron chi connectivity index (χ4n) is 2.78. The first-order chi connectivity index (χ1) is 12.7. The molecule has 0 spiro atoms. The van der Waals surface area contributed by atoms with Crippen molar-refractivity contribution >= 4 is 17.1 Å². The Morgan fingerprint density at radius 3 is 2.73 bits per heavy atom. The molecule has 1 aromatic carbocycles. The average Bonchev–Trinajstić information content (AvgIpc) is 3.50. The molecule has 4 rings (SSSR count). The zero-order chi connectivity index (χ0) is 18.1. The molecular weight excluding hydrogens is 332 g/mol. The molecule has 0 bridgehead atoms. The molecule has 1 fully saturated rings. The van der Waals surface area contributed by atoms with E-state index in [-0.39, 0.29) is 5.69 Å². The Morgan fingerprint density at radius 1 is 1.27 bits per heavy atom. The topological polar surface area (TPSA) is 86.1 Å². The number of hydrogen-bond acceptors (Lipinski definition) is 5. The summed E-state index contributed by atoms with van der Waals surface area (Å²) in [5.74, 6) is 0.746. The molecular formula is C19H18N4O3. The first-order valence-corrected chi connectivity index (χ1v) is 8.48. The van der Waals surface area contributed by atoms with Crippen LogP contribution in [0.15, 0.2) is 47.4 Å². The number of nitrogens with one attached hydrogen (secondary N) is 1. The normalized spacial score (nSPS) is 13.6. The van der Waals surface area contributed by atoms with Crippen molar-refractivity contribution in [3.05, 3.63) is 58.6 Å². The molecule has 7 heteroatoms. The Balaban J connectivity index is 1.84. The minimum atomic E-state index is -0.491. The van der Waals surface area contributed by atoms with Gasteiger partial charge in [-0.15, -0.1) is 0 Å². The van der Waals surface area contributed by atoms with Gasteiger partial charge < -0.3 is 10.1 Å². The van der Waals surface area contributed by atoms with Gasteiger partial charge in [0.2, 0.25) is 0 Å². The molecule has 3 aromatic rings. The number of rotatable bonds is 5. The van der Waals surface area contributed by atoms with Crippen molar-refractivity contribution in [2.45, 2.75) is 12.8 Å². The van der Waals surface area contributed by atoms with E-state index in [9.17, 15) is 9.59 Å². The molecule has 0 radical (unpaired) electrons. The largest absolute Gasteiger partial charge is 0.497 e. The Kier molecular flexibility index (Phi) is 4.12. The lowest BCUT2D eigenvalue weighted by atomic mass is 10.2. The highest BCUT2D eigenvalue weighted by atomic mass is 16.5. The summed E-state index contributed by atoms with van der Waals surface area (Å²) in [6.45, 7) is 0.577. The van der Waals surface area contributed by atoms with E-state index in [4.69, 9.17) is 4.74 Å². The number of ether oxygens (including phenoxy) is 1. The van der Waals surface area contributed by atoms with Gasteiger partial charge in [-0.25, -0.2) is 9.97 Å².